The highest BCUT2D eigenvalue weighted by Gasteiger charge is 2.37. The van der Waals surface area contributed by atoms with E-state index in [2.05, 4.69) is 5.32 Å². The third kappa shape index (κ3) is 4.57. The molecule has 2 aromatic carbocycles. The average molecular weight is 379 g/mol. The van der Waals surface area contributed by atoms with Gasteiger partial charge in [0.1, 0.15) is 0 Å². The molecule has 1 aliphatic heterocycles. The van der Waals surface area contributed by atoms with Gasteiger partial charge in [-0.2, -0.15) is 0 Å². The number of rotatable bonds is 6. The highest BCUT2D eigenvalue weighted by atomic mass is 16.2. The largest absolute Gasteiger partial charge is 0.338 e. The molecular formula is C22H25N3O3. The second kappa shape index (κ2) is 8.69. The van der Waals surface area contributed by atoms with Crippen LogP contribution in [0.4, 0.5) is 11.4 Å². The van der Waals surface area contributed by atoms with Gasteiger partial charge >= 0.3 is 0 Å². The molecule has 0 saturated carbocycles. The average Bonchev–Trinajstić information content (AvgIpc) is 3.08. The summed E-state index contributed by atoms with van der Waals surface area (Å²) in [5.41, 5.74) is 2.39. The maximum Gasteiger partial charge on any atom is 0.228 e. The van der Waals surface area contributed by atoms with Gasteiger partial charge in [0, 0.05) is 44.4 Å². The van der Waals surface area contributed by atoms with E-state index in [1.54, 1.807) is 28.0 Å². The van der Waals surface area contributed by atoms with Crippen LogP contribution in [0, 0.1) is 5.92 Å². The zero-order valence-electron chi connectivity index (χ0n) is 16.2. The molecule has 0 aliphatic carbocycles. The zero-order valence-corrected chi connectivity index (χ0v) is 16.2. The minimum Gasteiger partial charge on any atom is -0.338 e. The van der Waals surface area contributed by atoms with Crippen LogP contribution >= 0.6 is 0 Å². The highest BCUT2D eigenvalue weighted by Crippen LogP contribution is 2.28. The minimum atomic E-state index is -0.361. The molecule has 1 saturated heterocycles. The fraction of sp³-hybridized carbons (Fsp3) is 0.318. The van der Waals surface area contributed by atoms with Crippen molar-refractivity contribution in [1.82, 2.24) is 4.90 Å². The van der Waals surface area contributed by atoms with Crippen molar-refractivity contribution < 1.29 is 14.4 Å². The van der Waals surface area contributed by atoms with Gasteiger partial charge in [-0.1, -0.05) is 36.4 Å². The molecule has 0 spiro atoms. The Morgan fingerprint density at radius 3 is 2.57 bits per heavy atom. The van der Waals surface area contributed by atoms with Crippen LogP contribution < -0.4 is 10.2 Å². The summed E-state index contributed by atoms with van der Waals surface area (Å²) in [5.74, 6) is -0.604. The van der Waals surface area contributed by atoms with Gasteiger partial charge in [-0.15, -0.1) is 0 Å². The van der Waals surface area contributed by atoms with Crippen molar-refractivity contribution in [2.24, 2.45) is 5.92 Å². The summed E-state index contributed by atoms with van der Waals surface area (Å²) in [5, 5.41) is 2.72. The van der Waals surface area contributed by atoms with E-state index in [0.29, 0.717) is 31.0 Å². The third-order valence-electron chi connectivity index (χ3n) is 4.86. The van der Waals surface area contributed by atoms with Crippen molar-refractivity contribution >= 4 is 29.1 Å². The second-order valence-electron chi connectivity index (χ2n) is 6.97. The third-order valence-corrected chi connectivity index (χ3v) is 4.86. The van der Waals surface area contributed by atoms with Crippen LogP contribution in [0.5, 0.6) is 0 Å². The van der Waals surface area contributed by atoms with E-state index in [1.807, 2.05) is 43.3 Å². The number of benzene rings is 2. The van der Waals surface area contributed by atoms with Crippen molar-refractivity contribution in [2.45, 2.75) is 26.8 Å². The van der Waals surface area contributed by atoms with Gasteiger partial charge in [0.15, 0.2) is 0 Å². The minimum absolute atomic E-state index is 0.000202. The molecule has 1 unspecified atom stereocenters. The Labute approximate surface area is 165 Å². The van der Waals surface area contributed by atoms with Crippen LogP contribution in [0.1, 0.15) is 25.8 Å². The number of nitrogens with zero attached hydrogens (tertiary/aromatic N) is 2. The molecule has 6 nitrogen and oxygen atoms in total. The Hall–Kier alpha value is -3.15. The molecule has 3 rings (SSSR count). The number of hydrogen-bond donors (Lipinski definition) is 1. The molecule has 0 aromatic heterocycles. The number of amides is 3. The van der Waals surface area contributed by atoms with Crippen molar-refractivity contribution in [3.63, 3.8) is 0 Å². The smallest absolute Gasteiger partial charge is 0.228 e. The monoisotopic (exact) mass is 379 g/mol. The van der Waals surface area contributed by atoms with Crippen LogP contribution in [0.15, 0.2) is 54.6 Å². The summed E-state index contributed by atoms with van der Waals surface area (Å²) in [6.45, 7) is 4.88. The van der Waals surface area contributed by atoms with E-state index in [4.69, 9.17) is 0 Å². The van der Waals surface area contributed by atoms with E-state index in [9.17, 15) is 14.4 Å². The first-order valence-corrected chi connectivity index (χ1v) is 9.48. The first-order valence-electron chi connectivity index (χ1n) is 9.48. The number of nitrogens with one attached hydrogen (secondary N) is 1. The van der Waals surface area contributed by atoms with Crippen LogP contribution in [0.3, 0.4) is 0 Å². The molecule has 1 aliphatic rings. The van der Waals surface area contributed by atoms with E-state index in [0.717, 1.165) is 5.56 Å². The zero-order chi connectivity index (χ0) is 20.1. The normalized spacial score (nSPS) is 16.1. The van der Waals surface area contributed by atoms with Crippen LogP contribution in [0.25, 0.3) is 0 Å². The predicted octanol–water partition coefficient (Wildman–Crippen LogP) is 3.05. The SMILES string of the molecule is CCN(Cc1ccccc1)C(=O)C1CC(=O)N(c2cccc(NC(C)=O)c2)C1. The molecule has 3 amide bonds. The van der Waals surface area contributed by atoms with Crippen LogP contribution in [-0.4, -0.2) is 35.7 Å². The topological polar surface area (TPSA) is 69.7 Å². The lowest BCUT2D eigenvalue weighted by Gasteiger charge is -2.24. The summed E-state index contributed by atoms with van der Waals surface area (Å²) >= 11 is 0. The van der Waals surface area contributed by atoms with Gasteiger partial charge in [0.25, 0.3) is 0 Å². The van der Waals surface area contributed by atoms with Gasteiger partial charge in [-0.25, -0.2) is 0 Å². The molecule has 1 heterocycles. The van der Waals surface area contributed by atoms with Gasteiger partial charge < -0.3 is 15.1 Å². The summed E-state index contributed by atoms with van der Waals surface area (Å²) in [6, 6.07) is 17.0. The highest BCUT2D eigenvalue weighted by molar-refractivity contribution is 6.01. The quantitative estimate of drug-likeness (QED) is 0.839. The van der Waals surface area contributed by atoms with Gasteiger partial charge in [0.05, 0.1) is 5.92 Å². The Balaban J connectivity index is 1.71. The number of carbonyl (C=O) groups excluding carboxylic acids is 3. The molecule has 28 heavy (non-hydrogen) atoms. The van der Waals surface area contributed by atoms with Gasteiger partial charge in [0.2, 0.25) is 17.7 Å². The fourth-order valence-corrected chi connectivity index (χ4v) is 3.48. The molecule has 1 N–H and O–H groups in total. The van der Waals surface area contributed by atoms with Crippen molar-refractivity contribution in [1.29, 1.82) is 0 Å². The second-order valence-corrected chi connectivity index (χ2v) is 6.97. The standard InChI is InChI=1S/C22H25N3O3/c1-3-24(14-17-8-5-4-6-9-17)22(28)18-12-21(27)25(15-18)20-11-7-10-19(13-20)23-16(2)26/h4-11,13,18H,3,12,14-15H2,1-2H3,(H,23,26). The number of carbonyl (C=O) groups is 3. The van der Waals surface area contributed by atoms with Gasteiger partial charge in [-0.3, -0.25) is 14.4 Å². The summed E-state index contributed by atoms with van der Waals surface area (Å²) < 4.78 is 0. The molecule has 1 fully saturated rings. The van der Waals surface area contributed by atoms with Crippen LogP contribution in [-0.2, 0) is 20.9 Å². The fourth-order valence-electron chi connectivity index (χ4n) is 3.48. The predicted molar refractivity (Wildman–Crippen MR) is 109 cm³/mol. The lowest BCUT2D eigenvalue weighted by Crippen LogP contribution is -2.37. The summed E-state index contributed by atoms with van der Waals surface area (Å²) in [7, 11) is 0. The van der Waals surface area contributed by atoms with Crippen molar-refractivity contribution in [2.75, 3.05) is 23.3 Å². The molecular weight excluding hydrogens is 354 g/mol. The van der Waals surface area contributed by atoms with Gasteiger partial charge in [-0.05, 0) is 30.7 Å². The first-order chi connectivity index (χ1) is 13.5. The molecule has 0 bridgehead atoms. The summed E-state index contributed by atoms with van der Waals surface area (Å²) in [4.78, 5) is 40.3. The van der Waals surface area contributed by atoms with Crippen LogP contribution in [0.2, 0.25) is 0 Å². The van der Waals surface area contributed by atoms with E-state index < -0.39 is 0 Å². The molecule has 1 atom stereocenters. The Morgan fingerprint density at radius 1 is 1.14 bits per heavy atom. The van der Waals surface area contributed by atoms with E-state index in [1.165, 1.54) is 6.92 Å². The first kappa shape index (κ1) is 19.6. The number of hydrogen-bond acceptors (Lipinski definition) is 3. The lowest BCUT2D eigenvalue weighted by molar-refractivity contribution is -0.136. The Bertz CT molecular complexity index is 866. The molecule has 0 radical (unpaired) electrons. The van der Waals surface area contributed by atoms with Crippen molar-refractivity contribution in [3.8, 4) is 0 Å². The maximum absolute atomic E-state index is 13.0. The maximum atomic E-state index is 13.0. The van der Waals surface area contributed by atoms with E-state index >= 15 is 0 Å². The van der Waals surface area contributed by atoms with Crippen molar-refractivity contribution in [3.05, 3.63) is 60.2 Å². The Kier molecular flexibility index (Phi) is 6.09. The number of anilines is 2. The molecule has 2 aromatic rings. The Morgan fingerprint density at radius 2 is 1.89 bits per heavy atom. The molecule has 146 valence electrons. The summed E-state index contributed by atoms with van der Waals surface area (Å²) in [6.07, 6.45) is 0.203. The van der Waals surface area contributed by atoms with E-state index in [-0.39, 0.29) is 30.1 Å². The molecule has 6 heteroatoms. The lowest BCUT2D eigenvalue weighted by atomic mass is 10.1.